The zero-order valence-electron chi connectivity index (χ0n) is 13.1. The predicted octanol–water partition coefficient (Wildman–Crippen LogP) is 1.90. The van der Waals surface area contributed by atoms with Gasteiger partial charge in [-0.05, 0) is 25.0 Å². The topological polar surface area (TPSA) is 93.9 Å². The summed E-state index contributed by atoms with van der Waals surface area (Å²) >= 11 is 6.14. The normalized spacial score (nSPS) is 17.6. The number of aryl methyl sites for hydroxylation is 1. The van der Waals surface area contributed by atoms with Crippen LogP contribution in [0.5, 0.6) is 0 Å². The van der Waals surface area contributed by atoms with E-state index in [1.165, 1.54) is 4.68 Å². The molecule has 1 aromatic heterocycles. The zero-order valence-corrected chi connectivity index (χ0v) is 14.6. The van der Waals surface area contributed by atoms with Gasteiger partial charge in [0.15, 0.2) is 5.82 Å². The van der Waals surface area contributed by atoms with Crippen LogP contribution >= 0.6 is 11.6 Å². The molecule has 9 heteroatoms. The van der Waals surface area contributed by atoms with Crippen molar-refractivity contribution in [1.82, 2.24) is 14.8 Å². The molecule has 1 N–H and O–H groups in total. The summed E-state index contributed by atoms with van der Waals surface area (Å²) in [6.07, 6.45) is 0.673. The number of nitrogens with one attached hydrogen (secondary N) is 1. The maximum Gasteiger partial charge on any atom is 0.229 e. The van der Waals surface area contributed by atoms with Crippen molar-refractivity contribution < 1.29 is 13.2 Å². The highest BCUT2D eigenvalue weighted by molar-refractivity contribution is 7.91. The molecule has 7 nitrogen and oxygen atoms in total. The smallest absolute Gasteiger partial charge is 0.229 e. The Bertz CT molecular complexity index is 865. The Kier molecular flexibility index (Phi) is 4.60. The van der Waals surface area contributed by atoms with Gasteiger partial charge in [0, 0.05) is 18.5 Å². The molecule has 0 saturated carbocycles. The summed E-state index contributed by atoms with van der Waals surface area (Å²) in [7, 11) is -1.32. The van der Waals surface area contributed by atoms with E-state index in [-0.39, 0.29) is 23.3 Å². The van der Waals surface area contributed by atoms with Gasteiger partial charge >= 0.3 is 0 Å². The number of carbonyl (C=O) groups excluding carboxylic acids is 1. The summed E-state index contributed by atoms with van der Waals surface area (Å²) in [6.45, 7) is 0. The molecule has 1 aromatic carbocycles. The van der Waals surface area contributed by atoms with Gasteiger partial charge in [0.1, 0.15) is 9.84 Å². The first-order valence-electron chi connectivity index (χ1n) is 7.53. The monoisotopic (exact) mass is 368 g/mol. The van der Waals surface area contributed by atoms with Crippen molar-refractivity contribution >= 4 is 33.3 Å². The Morgan fingerprint density at radius 3 is 2.62 bits per heavy atom. The molecule has 0 aliphatic carbocycles. The molecule has 128 valence electrons. The molecule has 0 radical (unpaired) electrons. The number of aromatic nitrogens is 3. The van der Waals surface area contributed by atoms with Gasteiger partial charge in [-0.15, -0.1) is 5.10 Å². The van der Waals surface area contributed by atoms with E-state index in [1.807, 2.05) is 12.1 Å². The number of benzene rings is 1. The summed E-state index contributed by atoms with van der Waals surface area (Å²) < 4.78 is 24.4. The third kappa shape index (κ3) is 3.59. The number of sulfone groups is 1. The largest absolute Gasteiger partial charge is 0.294 e. The van der Waals surface area contributed by atoms with E-state index in [1.54, 1.807) is 19.2 Å². The average molecular weight is 369 g/mol. The number of amides is 1. The SMILES string of the molecule is Cn1nc(-c2ccccc2Cl)nc1NC(=O)C1CCS(=O)(=O)CC1. The van der Waals surface area contributed by atoms with Gasteiger partial charge in [-0.1, -0.05) is 23.7 Å². The van der Waals surface area contributed by atoms with E-state index in [0.717, 1.165) is 0 Å². The van der Waals surface area contributed by atoms with Gasteiger partial charge in [-0.3, -0.25) is 10.1 Å². The molecular weight excluding hydrogens is 352 g/mol. The molecule has 3 rings (SSSR count). The second-order valence-electron chi connectivity index (χ2n) is 5.78. The molecule has 1 aliphatic heterocycles. The lowest BCUT2D eigenvalue weighted by Gasteiger charge is -2.20. The maximum atomic E-state index is 12.3. The second-order valence-corrected chi connectivity index (χ2v) is 8.49. The first-order chi connectivity index (χ1) is 11.4. The van der Waals surface area contributed by atoms with Gasteiger partial charge in [-0.25, -0.2) is 13.1 Å². The Hall–Kier alpha value is -1.93. The molecule has 1 aliphatic rings. The first kappa shape index (κ1) is 16.9. The minimum atomic E-state index is -2.99. The van der Waals surface area contributed by atoms with E-state index < -0.39 is 9.84 Å². The zero-order chi connectivity index (χ0) is 17.3. The Balaban J connectivity index is 1.74. The fourth-order valence-electron chi connectivity index (χ4n) is 2.61. The lowest BCUT2D eigenvalue weighted by atomic mass is 10.0. The number of nitrogens with zero attached hydrogens (tertiary/aromatic N) is 3. The number of hydrogen-bond donors (Lipinski definition) is 1. The van der Waals surface area contributed by atoms with Gasteiger partial charge in [0.05, 0.1) is 16.5 Å². The van der Waals surface area contributed by atoms with Crippen molar-refractivity contribution in [3.63, 3.8) is 0 Å². The molecule has 1 fully saturated rings. The van der Waals surface area contributed by atoms with Crippen molar-refractivity contribution in [2.24, 2.45) is 13.0 Å². The summed E-state index contributed by atoms with van der Waals surface area (Å²) in [5.41, 5.74) is 0.680. The minimum Gasteiger partial charge on any atom is -0.294 e. The van der Waals surface area contributed by atoms with E-state index in [9.17, 15) is 13.2 Å². The quantitative estimate of drug-likeness (QED) is 0.892. The highest BCUT2D eigenvalue weighted by Crippen LogP contribution is 2.26. The van der Waals surface area contributed by atoms with Gasteiger partial charge in [-0.2, -0.15) is 4.98 Å². The van der Waals surface area contributed by atoms with Gasteiger partial charge < -0.3 is 0 Å². The standard InChI is InChI=1S/C15H17ClN4O3S/c1-20-15(17-13(19-20)11-4-2-3-5-12(11)16)18-14(21)10-6-8-24(22,23)9-7-10/h2-5,10H,6-9H2,1H3,(H,17,18,19,21). The van der Waals surface area contributed by atoms with Crippen LogP contribution in [0.4, 0.5) is 5.95 Å². The molecule has 2 aromatic rings. The van der Waals surface area contributed by atoms with Crippen LogP contribution in [0.1, 0.15) is 12.8 Å². The second kappa shape index (κ2) is 6.52. The molecule has 1 amide bonds. The van der Waals surface area contributed by atoms with Crippen LogP contribution in [0.25, 0.3) is 11.4 Å². The van der Waals surface area contributed by atoms with E-state index >= 15 is 0 Å². The van der Waals surface area contributed by atoms with Gasteiger partial charge in [0.2, 0.25) is 11.9 Å². The lowest BCUT2D eigenvalue weighted by Crippen LogP contribution is -2.32. The number of anilines is 1. The fourth-order valence-corrected chi connectivity index (χ4v) is 4.33. The number of hydrogen-bond acceptors (Lipinski definition) is 5. The van der Waals surface area contributed by atoms with E-state index in [4.69, 9.17) is 11.6 Å². The highest BCUT2D eigenvalue weighted by atomic mass is 35.5. The Labute approximate surface area is 145 Å². The Morgan fingerprint density at radius 2 is 1.96 bits per heavy atom. The number of halogens is 1. The molecule has 0 bridgehead atoms. The number of rotatable bonds is 3. The lowest BCUT2D eigenvalue weighted by molar-refractivity contribution is -0.120. The summed E-state index contributed by atoms with van der Waals surface area (Å²) in [4.78, 5) is 16.7. The highest BCUT2D eigenvalue weighted by Gasteiger charge is 2.29. The van der Waals surface area contributed by atoms with Crippen molar-refractivity contribution in [1.29, 1.82) is 0 Å². The number of carbonyl (C=O) groups is 1. The average Bonchev–Trinajstić information content (AvgIpc) is 2.88. The van der Waals surface area contributed by atoms with Crippen molar-refractivity contribution in [2.75, 3.05) is 16.8 Å². The summed E-state index contributed by atoms with van der Waals surface area (Å²) in [6, 6.07) is 7.19. The van der Waals surface area contributed by atoms with Crippen LogP contribution in [0.15, 0.2) is 24.3 Å². The molecule has 1 saturated heterocycles. The molecule has 24 heavy (non-hydrogen) atoms. The van der Waals surface area contributed by atoms with Crippen molar-refractivity contribution in [3.05, 3.63) is 29.3 Å². The third-order valence-electron chi connectivity index (χ3n) is 4.04. The van der Waals surface area contributed by atoms with E-state index in [0.29, 0.717) is 35.2 Å². The molecular formula is C15H17ClN4O3S. The molecule has 0 atom stereocenters. The van der Waals surface area contributed by atoms with Crippen LogP contribution in [0.2, 0.25) is 5.02 Å². The first-order valence-corrected chi connectivity index (χ1v) is 9.73. The molecule has 0 spiro atoms. The fraction of sp³-hybridized carbons (Fsp3) is 0.400. The van der Waals surface area contributed by atoms with Crippen LogP contribution < -0.4 is 5.32 Å². The predicted molar refractivity (Wildman–Crippen MR) is 91.5 cm³/mol. The molecule has 2 heterocycles. The van der Waals surface area contributed by atoms with E-state index in [2.05, 4.69) is 15.4 Å². The Morgan fingerprint density at radius 1 is 1.29 bits per heavy atom. The molecule has 0 unspecified atom stereocenters. The van der Waals surface area contributed by atoms with Gasteiger partial charge in [0.25, 0.3) is 0 Å². The third-order valence-corrected chi connectivity index (χ3v) is 6.08. The maximum absolute atomic E-state index is 12.3. The van der Waals surface area contributed by atoms with Crippen LogP contribution in [-0.2, 0) is 21.7 Å². The van der Waals surface area contributed by atoms with Crippen LogP contribution in [0, 0.1) is 5.92 Å². The minimum absolute atomic E-state index is 0.0504. The summed E-state index contributed by atoms with van der Waals surface area (Å²) in [5, 5.41) is 7.53. The van der Waals surface area contributed by atoms with Crippen LogP contribution in [-0.4, -0.2) is 40.6 Å². The van der Waals surface area contributed by atoms with Crippen molar-refractivity contribution in [3.8, 4) is 11.4 Å². The van der Waals surface area contributed by atoms with Crippen molar-refractivity contribution in [2.45, 2.75) is 12.8 Å². The summed E-state index contributed by atoms with van der Waals surface area (Å²) in [5.74, 6) is 0.275. The van der Waals surface area contributed by atoms with Crippen LogP contribution in [0.3, 0.4) is 0 Å².